The van der Waals surface area contributed by atoms with Gasteiger partial charge in [0.1, 0.15) is 28.7 Å². The minimum absolute atomic E-state index is 0.0629. The molecule has 224 valence electrons. The molecule has 6 rings (SSSR count). The SMILES string of the molecule is COc1cc(Oc2ccc3c(c2)COB3O)ccc1C(C)=O.COc1cc(Oc2ccc3c(c2)COB3O)ccc1OC=O. The number of carbonyl (C=O) groups excluding carboxylic acids is 2. The molecule has 0 saturated heterocycles. The number of carbonyl (C=O) groups is 2. The van der Waals surface area contributed by atoms with Crippen LogP contribution in [0.15, 0.2) is 72.8 Å². The van der Waals surface area contributed by atoms with E-state index in [4.69, 9.17) is 33.0 Å². The molecule has 11 nitrogen and oxygen atoms in total. The topological polar surface area (TPSA) is 139 Å². The summed E-state index contributed by atoms with van der Waals surface area (Å²) in [6, 6.07) is 20.7. The molecule has 0 fully saturated rings. The van der Waals surface area contributed by atoms with Gasteiger partial charge in [-0.1, -0.05) is 12.1 Å². The van der Waals surface area contributed by atoms with Crippen LogP contribution in [-0.4, -0.2) is 50.8 Å². The first-order valence-corrected chi connectivity index (χ1v) is 13.5. The Bertz CT molecular complexity index is 1680. The number of hydrogen-bond acceptors (Lipinski definition) is 11. The predicted octanol–water partition coefficient (Wildman–Crippen LogP) is 3.15. The third-order valence-electron chi connectivity index (χ3n) is 6.89. The molecule has 0 unspecified atom stereocenters. The number of benzene rings is 4. The fraction of sp³-hybridized carbons (Fsp3) is 0.161. The first kappa shape index (κ1) is 30.6. The quantitative estimate of drug-likeness (QED) is 0.167. The van der Waals surface area contributed by atoms with Crippen LogP contribution in [0.4, 0.5) is 0 Å². The summed E-state index contributed by atoms with van der Waals surface area (Å²) in [6.45, 7) is 2.54. The van der Waals surface area contributed by atoms with Gasteiger partial charge in [-0.05, 0) is 77.5 Å². The monoisotopic (exact) mass is 598 g/mol. The maximum absolute atomic E-state index is 11.5. The highest BCUT2D eigenvalue weighted by atomic mass is 16.5. The summed E-state index contributed by atoms with van der Waals surface area (Å²) in [6.07, 6.45) is 0. The molecule has 2 aliphatic heterocycles. The van der Waals surface area contributed by atoms with Crippen molar-refractivity contribution < 1.29 is 52.6 Å². The first-order chi connectivity index (χ1) is 21.3. The lowest BCUT2D eigenvalue weighted by atomic mass is 9.80. The van der Waals surface area contributed by atoms with E-state index in [2.05, 4.69) is 0 Å². The molecule has 0 amide bonds. The Morgan fingerprint density at radius 3 is 1.68 bits per heavy atom. The van der Waals surface area contributed by atoms with Crippen LogP contribution in [0.2, 0.25) is 0 Å². The summed E-state index contributed by atoms with van der Waals surface area (Å²) >= 11 is 0. The Morgan fingerprint density at radius 1 is 0.705 bits per heavy atom. The summed E-state index contributed by atoms with van der Waals surface area (Å²) < 4.78 is 37.0. The van der Waals surface area contributed by atoms with E-state index in [0.29, 0.717) is 65.5 Å². The van der Waals surface area contributed by atoms with Crippen LogP contribution in [0, 0.1) is 0 Å². The zero-order valence-electron chi connectivity index (χ0n) is 24.1. The third kappa shape index (κ3) is 6.87. The largest absolute Gasteiger partial charge is 0.496 e. The molecule has 13 heteroatoms. The summed E-state index contributed by atoms with van der Waals surface area (Å²) in [4.78, 5) is 21.9. The Hall–Kier alpha value is -4.81. The van der Waals surface area contributed by atoms with Crippen molar-refractivity contribution in [3.05, 3.63) is 89.5 Å². The van der Waals surface area contributed by atoms with Crippen LogP contribution < -0.4 is 34.6 Å². The molecule has 2 heterocycles. The lowest BCUT2D eigenvalue weighted by Gasteiger charge is -2.11. The van der Waals surface area contributed by atoms with Crippen molar-refractivity contribution in [2.24, 2.45) is 0 Å². The van der Waals surface area contributed by atoms with E-state index >= 15 is 0 Å². The summed E-state index contributed by atoms with van der Waals surface area (Å²) in [5.41, 5.74) is 3.81. The molecule has 0 atom stereocenters. The van der Waals surface area contributed by atoms with Gasteiger partial charge in [-0.15, -0.1) is 0 Å². The maximum Gasteiger partial charge on any atom is 0.491 e. The Kier molecular flexibility index (Phi) is 9.51. The molecule has 0 aromatic heterocycles. The molecule has 0 saturated carbocycles. The molecule has 0 aliphatic carbocycles. The summed E-state index contributed by atoms with van der Waals surface area (Å²) in [5, 5.41) is 19.2. The molecular weight excluding hydrogens is 570 g/mol. The first-order valence-electron chi connectivity index (χ1n) is 13.5. The molecule has 4 aromatic rings. The second-order valence-corrected chi connectivity index (χ2v) is 9.70. The van der Waals surface area contributed by atoms with Crippen molar-refractivity contribution in [3.8, 4) is 40.2 Å². The highest BCUT2D eigenvalue weighted by molar-refractivity contribution is 6.62. The number of Topliss-reactive ketones (excluding diaryl/α,β-unsaturated/α-hetero) is 1. The van der Waals surface area contributed by atoms with Crippen molar-refractivity contribution in [1.82, 2.24) is 0 Å². The lowest BCUT2D eigenvalue weighted by molar-refractivity contribution is -0.120. The molecular formula is C31H28B2O11. The number of fused-ring (bicyclic) bond motifs is 2. The van der Waals surface area contributed by atoms with Gasteiger partial charge in [0.15, 0.2) is 17.3 Å². The van der Waals surface area contributed by atoms with Crippen molar-refractivity contribution in [1.29, 1.82) is 0 Å². The van der Waals surface area contributed by atoms with Crippen LogP contribution in [-0.2, 0) is 27.3 Å². The van der Waals surface area contributed by atoms with Crippen LogP contribution >= 0.6 is 0 Å². The average Bonchev–Trinajstić information content (AvgIpc) is 3.59. The van der Waals surface area contributed by atoms with Crippen molar-refractivity contribution >= 4 is 37.4 Å². The maximum atomic E-state index is 11.5. The molecule has 4 aromatic carbocycles. The number of methoxy groups -OCH3 is 2. The number of ether oxygens (including phenoxy) is 5. The minimum Gasteiger partial charge on any atom is -0.496 e. The van der Waals surface area contributed by atoms with Crippen LogP contribution in [0.5, 0.6) is 40.2 Å². The Morgan fingerprint density at radius 2 is 1.18 bits per heavy atom. The molecule has 0 radical (unpaired) electrons. The lowest BCUT2D eigenvalue weighted by Crippen LogP contribution is -2.27. The molecule has 0 spiro atoms. The summed E-state index contributed by atoms with van der Waals surface area (Å²) in [5.74, 6) is 3.48. The van der Waals surface area contributed by atoms with Gasteiger partial charge in [-0.25, -0.2) is 0 Å². The van der Waals surface area contributed by atoms with Crippen LogP contribution in [0.25, 0.3) is 0 Å². The predicted molar refractivity (Wildman–Crippen MR) is 161 cm³/mol. The van der Waals surface area contributed by atoms with E-state index < -0.39 is 14.2 Å². The molecule has 2 N–H and O–H groups in total. The van der Waals surface area contributed by atoms with Crippen molar-refractivity contribution in [3.63, 3.8) is 0 Å². The highest BCUT2D eigenvalue weighted by Crippen LogP contribution is 2.34. The van der Waals surface area contributed by atoms with Gasteiger partial charge in [-0.2, -0.15) is 0 Å². The fourth-order valence-electron chi connectivity index (χ4n) is 4.70. The molecule has 2 aliphatic rings. The second-order valence-electron chi connectivity index (χ2n) is 9.70. The third-order valence-corrected chi connectivity index (χ3v) is 6.89. The van der Waals surface area contributed by atoms with Gasteiger partial charge in [0.2, 0.25) is 0 Å². The van der Waals surface area contributed by atoms with E-state index in [1.165, 1.54) is 21.1 Å². The van der Waals surface area contributed by atoms with Gasteiger partial charge in [-0.3, -0.25) is 9.59 Å². The van der Waals surface area contributed by atoms with Crippen LogP contribution in [0.3, 0.4) is 0 Å². The number of ketones is 1. The van der Waals surface area contributed by atoms with E-state index in [0.717, 1.165) is 22.1 Å². The van der Waals surface area contributed by atoms with Gasteiger partial charge < -0.3 is 43.0 Å². The van der Waals surface area contributed by atoms with Crippen molar-refractivity contribution in [2.75, 3.05) is 14.2 Å². The van der Waals surface area contributed by atoms with E-state index in [1.807, 2.05) is 12.1 Å². The fourth-order valence-corrected chi connectivity index (χ4v) is 4.70. The molecule has 44 heavy (non-hydrogen) atoms. The van der Waals surface area contributed by atoms with E-state index in [-0.39, 0.29) is 5.78 Å². The highest BCUT2D eigenvalue weighted by Gasteiger charge is 2.28. The Balaban J connectivity index is 0.000000175. The zero-order valence-corrected chi connectivity index (χ0v) is 24.1. The molecule has 0 bridgehead atoms. The van der Waals surface area contributed by atoms with Crippen molar-refractivity contribution in [2.45, 2.75) is 20.1 Å². The standard InChI is InChI=1S/C16H15BO5.C15H13BO6/c1-10(18)14-5-3-13(8-16(14)20-2)22-12-4-6-15-11(7-12)9-21-17(15)19;1-19-15-7-12(3-5-14(15)20-9-17)22-11-2-4-13-10(6-11)8-21-16(13)18/h3-8,19H,9H2,1-2H3;2-7,9,18H,8H2,1H3. The number of hydrogen-bond donors (Lipinski definition) is 2. The second kappa shape index (κ2) is 13.7. The van der Waals surface area contributed by atoms with Crippen LogP contribution in [0.1, 0.15) is 28.4 Å². The summed E-state index contributed by atoms with van der Waals surface area (Å²) in [7, 11) is 1.26. The van der Waals surface area contributed by atoms with Gasteiger partial charge >= 0.3 is 14.2 Å². The van der Waals surface area contributed by atoms with Gasteiger partial charge in [0.05, 0.1) is 33.0 Å². The smallest absolute Gasteiger partial charge is 0.491 e. The minimum atomic E-state index is -0.871. The normalized spacial score (nSPS) is 12.8. The number of rotatable bonds is 9. The Labute approximate surface area is 254 Å². The van der Waals surface area contributed by atoms with E-state index in [1.54, 1.807) is 60.7 Å². The van der Waals surface area contributed by atoms with Gasteiger partial charge in [0, 0.05) is 12.1 Å². The van der Waals surface area contributed by atoms with Gasteiger partial charge in [0.25, 0.3) is 6.47 Å². The van der Waals surface area contributed by atoms with E-state index in [9.17, 15) is 19.6 Å². The zero-order chi connectivity index (χ0) is 31.2. The average molecular weight is 598 g/mol.